The van der Waals surface area contributed by atoms with Crippen LogP contribution in [0.15, 0.2) is 79.0 Å². The number of primary amides is 4. The third-order valence-electron chi connectivity index (χ3n) is 18.7. The number of rotatable bonds is 56. The molecule has 2 heterocycles. The first-order valence-electron chi connectivity index (χ1n) is 39.3. The number of ketones is 2. The number of nitrogens with two attached hydrogens (primary N) is 4. The summed E-state index contributed by atoms with van der Waals surface area (Å²) in [6, 6.07) is 19.0. The zero-order valence-corrected chi connectivity index (χ0v) is 69.6. The van der Waals surface area contributed by atoms with Gasteiger partial charge < -0.3 is 89.7 Å². The Labute approximate surface area is 704 Å². The van der Waals surface area contributed by atoms with Crippen molar-refractivity contribution in [3.8, 4) is 11.3 Å². The van der Waals surface area contributed by atoms with Gasteiger partial charge in [0.25, 0.3) is 0 Å². The maximum Gasteiger partial charge on any atom is 0.373 e. The van der Waals surface area contributed by atoms with E-state index in [0.29, 0.717) is 157 Å². The normalized spacial score (nSPS) is 14.3. The summed E-state index contributed by atoms with van der Waals surface area (Å²) in [6.45, 7) is 4.37. The number of benzene rings is 3. The number of carboxylic acids is 3. The number of aliphatic carboxylic acids is 3. The Morgan fingerprint density at radius 3 is 1.74 bits per heavy atom. The zero-order valence-electron chi connectivity index (χ0n) is 66.6. The molecule has 4 atom stereocenters. The molecule has 650 valence electrons. The van der Waals surface area contributed by atoms with E-state index in [4.69, 9.17) is 64.1 Å². The number of hydrogen-bond acceptors (Lipinski definition) is 24. The standard InChI is InChI=1S/C77H115IN18O18S.CO2/c78-58-24-20-54(21-25-58)11-8-16-62(97)15-3-1-2-12-57(73(106)107)47-66(98)63(17-4-7-30-85-77(115)87-59-26-22-55(23-27-59)45-61-48-94(52-69(81)101)35-34-92(50-67(79)99)32-33-93(51-68(80)100)36-37-95(61)53-70(82)102)88-71(103)28-39-112-41-43-114-44-42-113-40-38-96-49-65(90-91-96)56-13-9-14-60(46-56)86-75(110)83-29-6-5-18-64(74(108)109)89-76(111)84-31-10-19-72(104)105;2-1-3/h9,13-14,20-27,46,49,57,61,63-64H,1-8,10-12,15-19,28-45,47-48,50-53H2,(H2,79,99)(H2,80,100)(H2,81,101)(H2,82,102)(H,88,103)(H,104,105)(H,106,107)(H,108,109)(H2,83,86,110)(H2,84,89,111)(H2,85,87,115);. The Balaban J connectivity index is 0.00000960. The fraction of sp³-hybridized carbons (Fsp3) is 0.564. The molecule has 1 aliphatic rings. The summed E-state index contributed by atoms with van der Waals surface area (Å²) in [5.74, 6) is -7.25. The molecule has 4 aromatic rings. The first-order chi connectivity index (χ1) is 56.6. The summed E-state index contributed by atoms with van der Waals surface area (Å²) in [6.07, 6.45) is 8.60. The number of nitrogens with one attached hydrogen (secondary N) is 7. The van der Waals surface area contributed by atoms with Crippen molar-refractivity contribution >= 4 is 129 Å². The van der Waals surface area contributed by atoms with Crippen molar-refractivity contribution in [1.82, 2.24) is 61.2 Å². The van der Waals surface area contributed by atoms with Crippen LogP contribution in [-0.4, -0.2) is 282 Å². The minimum Gasteiger partial charge on any atom is -0.481 e. The Morgan fingerprint density at radius 1 is 0.551 bits per heavy atom. The summed E-state index contributed by atoms with van der Waals surface area (Å²) in [4.78, 5) is 173. The molecule has 1 aliphatic heterocycles. The number of amides is 9. The minimum absolute atomic E-state index is 0.0204. The molecule has 0 aliphatic carbocycles. The van der Waals surface area contributed by atoms with Crippen molar-refractivity contribution in [2.45, 2.75) is 147 Å². The largest absolute Gasteiger partial charge is 0.481 e. The molecule has 1 saturated heterocycles. The van der Waals surface area contributed by atoms with Crippen LogP contribution in [0.1, 0.15) is 120 Å². The SMILES string of the molecule is NC(=O)CN1CCN(CC(N)=O)CCN(CC(N)=O)C(Cc2ccc(NC(=S)NCCCCC(NC(=O)CCOCCOCCOCCn3cc(-c4cccc(NC(=O)NCCCCC(NC(=O)NCCCC(=O)O)C(=O)O)c4)nn3)C(=O)CC(CCCCCC(=O)CCCc3ccc(I)cc3)C(=O)O)cc2)CN(CC(N)=O)CC1.O=C=O. The zero-order chi connectivity index (χ0) is 86.4. The molecule has 1 fully saturated rings. The Hall–Kier alpha value is -10.0. The van der Waals surface area contributed by atoms with Crippen LogP contribution in [0.5, 0.6) is 0 Å². The molecule has 18 N–H and O–H groups in total. The number of carbonyl (C=O) groups is 12. The molecule has 0 spiro atoms. The lowest BCUT2D eigenvalue weighted by atomic mass is 9.91. The Morgan fingerprint density at radius 2 is 1.11 bits per heavy atom. The van der Waals surface area contributed by atoms with E-state index in [1.54, 1.807) is 29.1 Å². The monoisotopic (exact) mass is 1780 g/mol. The van der Waals surface area contributed by atoms with Crippen LogP contribution in [0.3, 0.4) is 0 Å². The lowest BCUT2D eigenvalue weighted by Gasteiger charge is -2.38. The second-order valence-corrected chi connectivity index (χ2v) is 29.9. The van der Waals surface area contributed by atoms with Gasteiger partial charge in [-0.15, -0.1) is 5.10 Å². The first-order valence-corrected chi connectivity index (χ1v) is 40.8. The van der Waals surface area contributed by atoms with Gasteiger partial charge in [-0.2, -0.15) is 9.59 Å². The average molecular weight is 1780 g/mol. The third kappa shape index (κ3) is 46.2. The average Bonchev–Trinajstić information content (AvgIpc) is 1.80. The molecule has 0 saturated carbocycles. The van der Waals surface area contributed by atoms with Crippen LogP contribution in [0.2, 0.25) is 0 Å². The van der Waals surface area contributed by atoms with E-state index in [1.807, 2.05) is 62.1 Å². The Kier molecular flexibility index (Phi) is 50.0. The number of hydrogen-bond donors (Lipinski definition) is 14. The van der Waals surface area contributed by atoms with E-state index in [2.05, 4.69) is 82.3 Å². The maximum absolute atomic E-state index is 14.0. The van der Waals surface area contributed by atoms with Crippen LogP contribution in [0, 0.1) is 9.49 Å². The number of anilines is 2. The second kappa shape index (κ2) is 58.8. The number of aromatic nitrogens is 3. The van der Waals surface area contributed by atoms with Crippen molar-refractivity contribution in [2.75, 3.05) is 142 Å². The fourth-order valence-corrected chi connectivity index (χ4v) is 13.2. The number of Topliss-reactive ketones (excluding diaryl/α,β-unsaturated/α-hetero) is 2. The van der Waals surface area contributed by atoms with Crippen LogP contribution in [0.4, 0.5) is 21.0 Å². The number of carboxylic acid groups (broad SMARTS) is 3. The highest BCUT2D eigenvalue weighted by Gasteiger charge is 2.30. The molecule has 118 heavy (non-hydrogen) atoms. The number of urea groups is 2. The van der Waals surface area contributed by atoms with Gasteiger partial charge in [-0.05, 0) is 159 Å². The number of aryl methyl sites for hydroxylation is 1. The van der Waals surface area contributed by atoms with Gasteiger partial charge in [0.2, 0.25) is 29.5 Å². The molecule has 1 aromatic heterocycles. The molecule has 0 radical (unpaired) electrons. The molecule has 5 rings (SSSR count). The summed E-state index contributed by atoms with van der Waals surface area (Å²) in [5.41, 5.74) is 27.2. The van der Waals surface area contributed by atoms with E-state index in [1.165, 1.54) is 5.56 Å². The van der Waals surface area contributed by atoms with Gasteiger partial charge >= 0.3 is 36.1 Å². The highest BCUT2D eigenvalue weighted by Crippen LogP contribution is 2.23. The number of unbranched alkanes of at least 4 members (excludes halogenated alkanes) is 4. The van der Waals surface area contributed by atoms with Gasteiger partial charge in [-0.3, -0.25) is 62.8 Å². The maximum atomic E-state index is 14.0. The van der Waals surface area contributed by atoms with Crippen molar-refractivity contribution in [1.29, 1.82) is 0 Å². The highest BCUT2D eigenvalue weighted by molar-refractivity contribution is 14.1. The predicted molar refractivity (Wildman–Crippen MR) is 446 cm³/mol. The lowest BCUT2D eigenvalue weighted by Crippen LogP contribution is -2.54. The van der Waals surface area contributed by atoms with E-state index in [-0.39, 0.29) is 135 Å². The van der Waals surface area contributed by atoms with E-state index in [9.17, 15) is 67.7 Å². The van der Waals surface area contributed by atoms with Crippen molar-refractivity contribution in [2.24, 2.45) is 28.9 Å². The van der Waals surface area contributed by atoms with Crippen molar-refractivity contribution < 1.29 is 96.7 Å². The smallest absolute Gasteiger partial charge is 0.373 e. The summed E-state index contributed by atoms with van der Waals surface area (Å²) >= 11 is 7.91. The molecule has 40 heteroatoms. The van der Waals surface area contributed by atoms with Gasteiger partial charge in [0.15, 0.2) is 10.9 Å². The van der Waals surface area contributed by atoms with E-state index in [0.717, 1.165) is 22.0 Å². The van der Waals surface area contributed by atoms with Gasteiger partial charge in [0.05, 0.1) is 90.5 Å². The number of nitrogens with zero attached hydrogens (tertiary/aromatic N) is 7. The number of halogens is 1. The molecule has 4 unspecified atom stereocenters. The predicted octanol–water partition coefficient (Wildman–Crippen LogP) is 2.23. The van der Waals surface area contributed by atoms with Gasteiger partial charge in [0.1, 0.15) is 17.5 Å². The highest BCUT2D eigenvalue weighted by atomic mass is 127. The van der Waals surface area contributed by atoms with Crippen molar-refractivity contribution in [3.05, 3.63) is 93.7 Å². The minimum atomic E-state index is -1.22. The summed E-state index contributed by atoms with van der Waals surface area (Å²) < 4.78 is 19.9. The third-order valence-corrected chi connectivity index (χ3v) is 19.7. The number of thiocarbonyl (C=S) groups is 1. The molecule has 3 aromatic carbocycles. The van der Waals surface area contributed by atoms with Crippen LogP contribution >= 0.6 is 34.8 Å². The quantitative estimate of drug-likeness (QED) is 0.0171. The molecular formula is C78H115IN18O20S. The van der Waals surface area contributed by atoms with E-state index >= 15 is 0 Å². The van der Waals surface area contributed by atoms with Crippen LogP contribution in [0.25, 0.3) is 11.3 Å². The summed E-state index contributed by atoms with van der Waals surface area (Å²) in [5, 5.41) is 56.8. The first kappa shape index (κ1) is 100. The van der Waals surface area contributed by atoms with Crippen molar-refractivity contribution in [3.63, 3.8) is 0 Å². The second-order valence-electron chi connectivity index (χ2n) is 28.3. The van der Waals surface area contributed by atoms with Gasteiger partial charge in [0, 0.05) is 124 Å². The van der Waals surface area contributed by atoms with Gasteiger partial charge in [-0.1, -0.05) is 54.5 Å². The number of ether oxygens (including phenoxy) is 3. The topological polar surface area (TPSA) is 559 Å². The molecular weight excluding hydrogens is 1670 g/mol. The molecule has 38 nitrogen and oxygen atoms in total. The van der Waals surface area contributed by atoms with Gasteiger partial charge in [-0.25, -0.2) is 19.1 Å². The Bertz CT molecular complexity index is 3840. The molecule has 0 bridgehead atoms. The lowest BCUT2D eigenvalue weighted by molar-refractivity contribution is -0.192. The van der Waals surface area contributed by atoms with Crippen LogP contribution in [-0.2, 0) is 91.1 Å². The summed E-state index contributed by atoms with van der Waals surface area (Å²) in [7, 11) is 0. The number of carbonyl (C=O) groups excluding carboxylic acids is 11. The fourth-order valence-electron chi connectivity index (χ4n) is 12.7. The van der Waals surface area contributed by atoms with Crippen LogP contribution < -0.4 is 60.2 Å². The van der Waals surface area contributed by atoms with E-state index < -0.39 is 83.3 Å². The molecule has 9 amide bonds.